The number of hydrogen-bond donors (Lipinski definition) is 0. The van der Waals surface area contributed by atoms with Crippen LogP contribution in [-0.4, -0.2) is 17.9 Å². The van der Waals surface area contributed by atoms with Gasteiger partial charge >= 0.3 is 12.4 Å². The molecule has 0 saturated carbocycles. The van der Waals surface area contributed by atoms with Gasteiger partial charge in [0.25, 0.3) is 0 Å². The van der Waals surface area contributed by atoms with Crippen molar-refractivity contribution in [3.63, 3.8) is 0 Å². The van der Waals surface area contributed by atoms with E-state index in [-0.39, 0.29) is 11.8 Å². The van der Waals surface area contributed by atoms with Crippen molar-refractivity contribution in [3.8, 4) is 5.75 Å². The van der Waals surface area contributed by atoms with Gasteiger partial charge in [-0.1, -0.05) is 42.3 Å². The van der Waals surface area contributed by atoms with Crippen LogP contribution in [0.2, 0.25) is 10.0 Å². The fourth-order valence-electron chi connectivity index (χ4n) is 4.44. The summed E-state index contributed by atoms with van der Waals surface area (Å²) in [4.78, 5) is 17.2. The number of benzene rings is 3. The zero-order valence-electron chi connectivity index (χ0n) is 18.3. The molecule has 0 unspecified atom stereocenters. The molecule has 0 aliphatic carbocycles. The Bertz CT molecular complexity index is 1190. The number of anilines is 2. The van der Waals surface area contributed by atoms with Gasteiger partial charge in [-0.15, -0.1) is 13.2 Å². The highest BCUT2D eigenvalue weighted by molar-refractivity contribution is 6.31. The molecule has 3 aromatic rings. The van der Waals surface area contributed by atoms with Crippen molar-refractivity contribution in [3.05, 3.63) is 88.4 Å². The number of nitrogens with zero attached hydrogens (tertiary/aromatic N) is 2. The van der Waals surface area contributed by atoms with Crippen LogP contribution in [0.1, 0.15) is 31.9 Å². The standard InChI is InChI=1S/C25H21Cl2F3N2O2/c1-3-24(2)22(16-5-4-6-21(15-16)34-25(28,29)30)31(19-11-7-17(26)8-12-19)23(33)32(24)20-13-9-18(27)10-14-20/h4-15,22H,3H2,1-2H3/t22-,24-/m1/s1. The minimum Gasteiger partial charge on any atom is -0.406 e. The summed E-state index contributed by atoms with van der Waals surface area (Å²) in [6.07, 6.45) is -4.32. The van der Waals surface area contributed by atoms with Crippen molar-refractivity contribution in [1.29, 1.82) is 0 Å². The normalized spacial score (nSPS) is 20.7. The largest absolute Gasteiger partial charge is 0.573 e. The Labute approximate surface area is 205 Å². The summed E-state index contributed by atoms with van der Waals surface area (Å²) in [5.41, 5.74) is 0.882. The van der Waals surface area contributed by atoms with Crippen LogP contribution in [0.3, 0.4) is 0 Å². The molecule has 4 rings (SSSR count). The topological polar surface area (TPSA) is 32.8 Å². The van der Waals surface area contributed by atoms with Gasteiger partial charge in [0.2, 0.25) is 0 Å². The number of ether oxygens (including phenoxy) is 1. The first-order valence-corrected chi connectivity index (χ1v) is 11.3. The lowest BCUT2D eigenvalue weighted by atomic mass is 9.83. The minimum absolute atomic E-state index is 0.318. The number of rotatable bonds is 5. The molecule has 1 fully saturated rings. The summed E-state index contributed by atoms with van der Waals surface area (Å²) in [5.74, 6) is -0.350. The minimum atomic E-state index is -4.83. The van der Waals surface area contributed by atoms with Crippen molar-refractivity contribution in [2.75, 3.05) is 9.80 Å². The number of alkyl halides is 3. The number of amides is 2. The highest BCUT2D eigenvalue weighted by Crippen LogP contribution is 2.50. The lowest BCUT2D eigenvalue weighted by molar-refractivity contribution is -0.274. The van der Waals surface area contributed by atoms with Crippen molar-refractivity contribution >= 4 is 40.6 Å². The third kappa shape index (κ3) is 4.55. The molecular weight excluding hydrogens is 488 g/mol. The summed E-state index contributed by atoms with van der Waals surface area (Å²) in [6.45, 7) is 3.85. The number of carbonyl (C=O) groups is 1. The second kappa shape index (κ2) is 9.04. The molecule has 1 saturated heterocycles. The Balaban J connectivity index is 1.89. The number of carbonyl (C=O) groups excluding carboxylic acids is 1. The Morgan fingerprint density at radius 2 is 1.50 bits per heavy atom. The van der Waals surface area contributed by atoms with Crippen LogP contribution < -0.4 is 14.5 Å². The molecule has 1 aliphatic heterocycles. The van der Waals surface area contributed by atoms with Crippen molar-refractivity contribution in [2.24, 2.45) is 0 Å². The Hall–Kier alpha value is -2.90. The molecule has 1 aliphatic rings. The fourth-order valence-corrected chi connectivity index (χ4v) is 4.69. The third-order valence-corrected chi connectivity index (χ3v) is 6.57. The molecule has 1 heterocycles. The van der Waals surface area contributed by atoms with Gasteiger partial charge in [0.1, 0.15) is 5.75 Å². The van der Waals surface area contributed by atoms with E-state index in [1.165, 1.54) is 18.2 Å². The van der Waals surface area contributed by atoms with Gasteiger partial charge in [0.15, 0.2) is 0 Å². The Morgan fingerprint density at radius 3 is 2.03 bits per heavy atom. The van der Waals surface area contributed by atoms with Gasteiger partial charge in [-0.05, 0) is 79.6 Å². The van der Waals surface area contributed by atoms with E-state index < -0.39 is 17.9 Å². The molecule has 2 amide bonds. The van der Waals surface area contributed by atoms with Gasteiger partial charge in [0, 0.05) is 21.4 Å². The van der Waals surface area contributed by atoms with Gasteiger partial charge in [-0.3, -0.25) is 9.80 Å². The van der Waals surface area contributed by atoms with Crippen molar-refractivity contribution < 1.29 is 22.7 Å². The average Bonchev–Trinajstić information content (AvgIpc) is 3.01. The molecule has 9 heteroatoms. The molecule has 0 aromatic heterocycles. The monoisotopic (exact) mass is 508 g/mol. The number of urea groups is 1. The molecule has 3 aromatic carbocycles. The maximum absolute atomic E-state index is 13.9. The van der Waals surface area contributed by atoms with E-state index in [9.17, 15) is 18.0 Å². The lowest BCUT2D eigenvalue weighted by Crippen LogP contribution is -2.45. The fraction of sp³-hybridized carbons (Fsp3) is 0.240. The molecule has 4 nitrogen and oxygen atoms in total. The summed E-state index contributed by atoms with van der Waals surface area (Å²) in [7, 11) is 0. The second-order valence-electron chi connectivity index (χ2n) is 8.17. The van der Waals surface area contributed by atoms with Crippen LogP contribution in [0, 0.1) is 0 Å². The van der Waals surface area contributed by atoms with Crippen LogP contribution in [0.25, 0.3) is 0 Å². The van der Waals surface area contributed by atoms with E-state index in [2.05, 4.69) is 4.74 Å². The van der Waals surface area contributed by atoms with E-state index in [0.717, 1.165) is 0 Å². The zero-order valence-corrected chi connectivity index (χ0v) is 19.8. The zero-order chi connectivity index (χ0) is 24.7. The summed E-state index contributed by atoms with van der Waals surface area (Å²) >= 11 is 12.1. The van der Waals surface area contributed by atoms with Crippen molar-refractivity contribution in [2.45, 2.75) is 38.2 Å². The van der Waals surface area contributed by atoms with Crippen LogP contribution in [-0.2, 0) is 0 Å². The summed E-state index contributed by atoms with van der Waals surface area (Å²) in [5, 5.41) is 1.03. The molecule has 0 radical (unpaired) electrons. The second-order valence-corrected chi connectivity index (χ2v) is 9.05. The Kier molecular flexibility index (Phi) is 6.44. The van der Waals surface area contributed by atoms with Crippen LogP contribution >= 0.6 is 23.2 Å². The van der Waals surface area contributed by atoms with Crippen LogP contribution in [0.15, 0.2) is 72.8 Å². The summed E-state index contributed by atoms with van der Waals surface area (Å²) < 4.78 is 42.9. The quantitative estimate of drug-likeness (QED) is 0.347. The first-order valence-electron chi connectivity index (χ1n) is 10.5. The maximum atomic E-state index is 13.9. The molecule has 2 atom stereocenters. The molecule has 0 spiro atoms. The number of halogens is 5. The van der Waals surface area contributed by atoms with E-state index in [4.69, 9.17) is 23.2 Å². The average molecular weight is 509 g/mol. The van der Waals surface area contributed by atoms with Gasteiger partial charge < -0.3 is 4.74 Å². The predicted octanol–water partition coefficient (Wildman–Crippen LogP) is 8.25. The van der Waals surface area contributed by atoms with E-state index >= 15 is 0 Å². The van der Waals surface area contributed by atoms with E-state index in [1.54, 1.807) is 64.4 Å². The van der Waals surface area contributed by atoms with Gasteiger partial charge in [0.05, 0.1) is 11.6 Å². The molecule has 0 N–H and O–H groups in total. The lowest BCUT2D eigenvalue weighted by Gasteiger charge is -2.38. The third-order valence-electron chi connectivity index (χ3n) is 6.07. The molecular formula is C25H21Cl2F3N2O2. The highest BCUT2D eigenvalue weighted by atomic mass is 35.5. The van der Waals surface area contributed by atoms with Crippen molar-refractivity contribution in [1.82, 2.24) is 0 Å². The predicted molar refractivity (Wildman–Crippen MR) is 128 cm³/mol. The molecule has 34 heavy (non-hydrogen) atoms. The summed E-state index contributed by atoms with van der Waals surface area (Å²) in [6, 6.07) is 18.4. The molecule has 0 bridgehead atoms. The SMILES string of the molecule is CC[C@]1(C)[C@@H](c2cccc(OC(F)(F)F)c2)N(c2ccc(Cl)cc2)C(=O)N1c1ccc(Cl)cc1. The molecule has 178 valence electrons. The maximum Gasteiger partial charge on any atom is 0.573 e. The van der Waals surface area contributed by atoms with Gasteiger partial charge in [-0.2, -0.15) is 0 Å². The highest BCUT2D eigenvalue weighted by Gasteiger charge is 2.55. The first-order chi connectivity index (χ1) is 16.0. The van der Waals surface area contributed by atoms with E-state index in [1.807, 2.05) is 13.8 Å². The smallest absolute Gasteiger partial charge is 0.406 e. The van der Waals surface area contributed by atoms with Crippen LogP contribution in [0.4, 0.5) is 29.3 Å². The first kappa shape index (κ1) is 24.2. The van der Waals surface area contributed by atoms with Crippen LogP contribution in [0.5, 0.6) is 5.75 Å². The van der Waals surface area contributed by atoms with Gasteiger partial charge in [-0.25, -0.2) is 4.79 Å². The van der Waals surface area contributed by atoms with E-state index in [0.29, 0.717) is 33.4 Å². The Morgan fingerprint density at radius 1 is 0.941 bits per heavy atom. The number of hydrogen-bond acceptors (Lipinski definition) is 2.